The third kappa shape index (κ3) is 2.98. The van der Waals surface area contributed by atoms with E-state index in [1.807, 2.05) is 30.5 Å². The third-order valence-corrected chi connectivity index (χ3v) is 5.02. The largest absolute Gasteiger partial charge is 0.364 e. The zero-order valence-corrected chi connectivity index (χ0v) is 14.6. The monoisotopic (exact) mass is 340 g/mol. The number of hydrogen-bond acceptors (Lipinski definition) is 3. The van der Waals surface area contributed by atoms with Crippen molar-refractivity contribution in [3.8, 4) is 11.3 Å². The van der Waals surface area contributed by atoms with Crippen LogP contribution in [0.15, 0.2) is 36.7 Å². The van der Waals surface area contributed by atoms with E-state index in [-0.39, 0.29) is 0 Å². The number of rotatable bonds is 3. The molecule has 2 heterocycles. The minimum Gasteiger partial charge on any atom is -0.364 e. The predicted molar refractivity (Wildman–Crippen MR) is 98.7 cm³/mol. The maximum Gasteiger partial charge on any atom is 0.180 e. The summed E-state index contributed by atoms with van der Waals surface area (Å²) in [5.74, 6) is 0.882. The van der Waals surface area contributed by atoms with Gasteiger partial charge in [0.1, 0.15) is 0 Å². The van der Waals surface area contributed by atoms with Gasteiger partial charge in [-0.15, -0.1) is 0 Å². The maximum atomic E-state index is 5.99. The molecule has 1 aliphatic carbocycles. The lowest BCUT2D eigenvalue weighted by Gasteiger charge is -2.23. The average molecular weight is 341 g/mol. The summed E-state index contributed by atoms with van der Waals surface area (Å²) in [5, 5.41) is 4.35. The summed E-state index contributed by atoms with van der Waals surface area (Å²) < 4.78 is 2.11. The van der Waals surface area contributed by atoms with Crippen molar-refractivity contribution in [1.82, 2.24) is 14.4 Å². The quantitative estimate of drug-likeness (QED) is 0.721. The van der Waals surface area contributed by atoms with Crippen LogP contribution in [0.3, 0.4) is 0 Å². The van der Waals surface area contributed by atoms with E-state index in [1.54, 1.807) is 0 Å². The summed E-state index contributed by atoms with van der Waals surface area (Å²) in [4.78, 5) is 9.44. The van der Waals surface area contributed by atoms with Gasteiger partial charge in [-0.2, -0.15) is 0 Å². The number of hydrogen-bond donors (Lipinski definition) is 1. The Morgan fingerprint density at radius 2 is 1.88 bits per heavy atom. The van der Waals surface area contributed by atoms with E-state index in [1.165, 1.54) is 32.1 Å². The zero-order valence-electron chi connectivity index (χ0n) is 13.8. The molecule has 4 nitrogen and oxygen atoms in total. The normalized spacial score (nSPS) is 15.8. The van der Waals surface area contributed by atoms with Crippen LogP contribution in [-0.4, -0.2) is 20.4 Å². The number of aryl methyl sites for hydroxylation is 1. The third-order valence-electron chi connectivity index (χ3n) is 4.76. The van der Waals surface area contributed by atoms with Crippen molar-refractivity contribution in [3.63, 3.8) is 0 Å². The second-order valence-electron chi connectivity index (χ2n) is 6.55. The first kappa shape index (κ1) is 15.5. The topological polar surface area (TPSA) is 42.2 Å². The Bertz CT molecular complexity index is 848. The lowest BCUT2D eigenvalue weighted by atomic mass is 9.95. The molecule has 0 bridgehead atoms. The van der Waals surface area contributed by atoms with E-state index < -0.39 is 0 Å². The van der Waals surface area contributed by atoms with Crippen LogP contribution in [0.1, 0.15) is 37.8 Å². The highest BCUT2D eigenvalue weighted by molar-refractivity contribution is 6.30. The molecule has 24 heavy (non-hydrogen) atoms. The second kappa shape index (κ2) is 6.44. The van der Waals surface area contributed by atoms with Crippen LogP contribution in [0.25, 0.3) is 16.9 Å². The molecular weight excluding hydrogens is 320 g/mol. The molecule has 124 valence electrons. The SMILES string of the molecule is Cc1cnc(NC2CCCCC2)c2nc(-c3ccc(Cl)cc3)cn12. The van der Waals surface area contributed by atoms with Crippen LogP contribution in [0, 0.1) is 6.92 Å². The highest BCUT2D eigenvalue weighted by Crippen LogP contribution is 2.26. The Labute approximate surface area is 146 Å². The minimum atomic E-state index is 0.508. The number of anilines is 1. The molecule has 0 spiro atoms. The Morgan fingerprint density at radius 3 is 2.62 bits per heavy atom. The summed E-state index contributed by atoms with van der Waals surface area (Å²) in [5.41, 5.74) is 3.97. The van der Waals surface area contributed by atoms with Crippen molar-refractivity contribution in [3.05, 3.63) is 47.4 Å². The Morgan fingerprint density at radius 1 is 1.12 bits per heavy atom. The van der Waals surface area contributed by atoms with Gasteiger partial charge in [0.15, 0.2) is 11.5 Å². The van der Waals surface area contributed by atoms with E-state index in [2.05, 4.69) is 27.8 Å². The van der Waals surface area contributed by atoms with Gasteiger partial charge in [0, 0.05) is 34.7 Å². The molecule has 0 radical (unpaired) electrons. The van der Waals surface area contributed by atoms with Crippen molar-refractivity contribution in [2.75, 3.05) is 5.32 Å². The predicted octanol–water partition coefficient (Wildman–Crippen LogP) is 5.10. The van der Waals surface area contributed by atoms with Gasteiger partial charge in [-0.1, -0.05) is 43.0 Å². The first-order chi connectivity index (χ1) is 11.7. The molecule has 2 aromatic heterocycles. The van der Waals surface area contributed by atoms with Gasteiger partial charge < -0.3 is 5.32 Å². The molecule has 1 aromatic carbocycles. The van der Waals surface area contributed by atoms with Crippen LogP contribution >= 0.6 is 11.6 Å². The molecular formula is C19H21ClN4. The molecule has 0 amide bonds. The van der Waals surface area contributed by atoms with Crippen molar-refractivity contribution in [1.29, 1.82) is 0 Å². The Kier molecular flexibility index (Phi) is 4.15. The van der Waals surface area contributed by atoms with E-state index in [0.29, 0.717) is 6.04 Å². The summed E-state index contributed by atoms with van der Waals surface area (Å²) in [6.45, 7) is 2.05. The minimum absolute atomic E-state index is 0.508. The van der Waals surface area contributed by atoms with Crippen LogP contribution < -0.4 is 5.32 Å². The van der Waals surface area contributed by atoms with Gasteiger partial charge in [-0.05, 0) is 31.9 Å². The fraction of sp³-hybridized carbons (Fsp3) is 0.368. The van der Waals surface area contributed by atoms with Crippen LogP contribution in [0.5, 0.6) is 0 Å². The molecule has 4 rings (SSSR count). The molecule has 3 aromatic rings. The first-order valence-electron chi connectivity index (χ1n) is 8.58. The van der Waals surface area contributed by atoms with Gasteiger partial charge in [0.25, 0.3) is 0 Å². The number of nitrogens with one attached hydrogen (secondary N) is 1. The number of imidazole rings is 1. The maximum absolute atomic E-state index is 5.99. The van der Waals surface area contributed by atoms with Crippen LogP contribution in [0.4, 0.5) is 5.82 Å². The lowest BCUT2D eigenvalue weighted by molar-refractivity contribution is 0.462. The van der Waals surface area contributed by atoms with Gasteiger partial charge in [0.2, 0.25) is 0 Å². The van der Waals surface area contributed by atoms with E-state index >= 15 is 0 Å². The summed E-state index contributed by atoms with van der Waals surface area (Å²) in [7, 11) is 0. The molecule has 1 saturated carbocycles. The van der Waals surface area contributed by atoms with Gasteiger partial charge >= 0.3 is 0 Å². The van der Waals surface area contributed by atoms with E-state index in [4.69, 9.17) is 16.6 Å². The molecule has 0 saturated heterocycles. The standard InChI is InChI=1S/C19H21ClN4/c1-13-11-21-18(22-16-5-3-2-4-6-16)19-23-17(12-24(13)19)14-7-9-15(20)10-8-14/h7-12,16H,2-6H2,1H3,(H,21,22). The van der Waals surface area contributed by atoms with E-state index in [9.17, 15) is 0 Å². The fourth-order valence-electron chi connectivity index (χ4n) is 3.40. The number of fused-ring (bicyclic) bond motifs is 1. The van der Waals surface area contributed by atoms with Crippen molar-refractivity contribution >= 4 is 23.1 Å². The van der Waals surface area contributed by atoms with Gasteiger partial charge in [0.05, 0.1) is 5.69 Å². The molecule has 0 unspecified atom stereocenters. The number of benzene rings is 1. The van der Waals surface area contributed by atoms with Crippen LogP contribution in [0.2, 0.25) is 5.02 Å². The second-order valence-corrected chi connectivity index (χ2v) is 6.99. The Hall–Kier alpha value is -2.07. The average Bonchev–Trinajstić information content (AvgIpc) is 3.05. The highest BCUT2D eigenvalue weighted by Gasteiger charge is 2.17. The first-order valence-corrected chi connectivity index (χ1v) is 8.96. The highest BCUT2D eigenvalue weighted by atomic mass is 35.5. The van der Waals surface area contributed by atoms with Crippen molar-refractivity contribution in [2.45, 2.75) is 45.1 Å². The smallest absolute Gasteiger partial charge is 0.180 e. The summed E-state index contributed by atoms with van der Waals surface area (Å²) in [6.07, 6.45) is 10.3. The van der Waals surface area contributed by atoms with E-state index in [0.717, 1.165) is 33.4 Å². The van der Waals surface area contributed by atoms with Crippen molar-refractivity contribution < 1.29 is 0 Å². The van der Waals surface area contributed by atoms with Crippen LogP contribution in [-0.2, 0) is 0 Å². The molecule has 0 aliphatic heterocycles. The fourth-order valence-corrected chi connectivity index (χ4v) is 3.52. The number of nitrogens with zero attached hydrogens (tertiary/aromatic N) is 3. The molecule has 1 aliphatic rings. The molecule has 5 heteroatoms. The Balaban J connectivity index is 1.72. The zero-order chi connectivity index (χ0) is 16.5. The van der Waals surface area contributed by atoms with Crippen molar-refractivity contribution in [2.24, 2.45) is 0 Å². The summed E-state index contributed by atoms with van der Waals surface area (Å²) >= 11 is 5.99. The van der Waals surface area contributed by atoms with Gasteiger partial charge in [-0.25, -0.2) is 9.97 Å². The van der Waals surface area contributed by atoms with Gasteiger partial charge in [-0.3, -0.25) is 4.40 Å². The molecule has 1 fully saturated rings. The summed E-state index contributed by atoms with van der Waals surface area (Å²) in [6, 6.07) is 8.30. The molecule has 1 N–H and O–H groups in total. The molecule has 0 atom stereocenters. The number of aromatic nitrogens is 3. The number of halogens is 1. The lowest BCUT2D eigenvalue weighted by Crippen LogP contribution is -2.23.